The lowest BCUT2D eigenvalue weighted by atomic mass is 10.5. The van der Waals surface area contributed by atoms with Crippen molar-refractivity contribution in [2.45, 2.75) is 13.3 Å². The van der Waals surface area contributed by atoms with Gasteiger partial charge in [0.1, 0.15) is 0 Å². The second-order valence-electron chi connectivity index (χ2n) is 1.67. The fourth-order valence-electron chi connectivity index (χ4n) is 0.444. The Morgan fingerprint density at radius 1 is 1.67 bits per heavy atom. The van der Waals surface area contributed by atoms with Crippen molar-refractivity contribution in [3.05, 3.63) is 0 Å². The molecule has 1 N–H and O–H groups in total. The molecule has 2 nitrogen and oxygen atoms in total. The Morgan fingerprint density at radius 3 is 2.78 bits per heavy atom. The molecule has 0 rings (SSSR count). The minimum absolute atomic E-state index is 0.589. The van der Waals surface area contributed by atoms with Crippen molar-refractivity contribution in [2.75, 3.05) is 18.1 Å². The summed E-state index contributed by atoms with van der Waals surface area (Å²) in [5, 5.41) is 0. The van der Waals surface area contributed by atoms with E-state index in [1.807, 2.05) is 6.92 Å². The maximum Gasteiger partial charge on any atom is 0.0247 e. The van der Waals surface area contributed by atoms with Gasteiger partial charge in [-0.2, -0.15) is 0 Å². The van der Waals surface area contributed by atoms with Crippen LogP contribution >= 0.6 is 16.1 Å². The summed E-state index contributed by atoms with van der Waals surface area (Å²) in [6, 6.07) is 0. The molecule has 9 heavy (non-hydrogen) atoms. The van der Waals surface area contributed by atoms with Crippen LogP contribution in [0, 0.1) is 0 Å². The third-order valence-electron chi connectivity index (χ3n) is 0.965. The van der Waals surface area contributed by atoms with E-state index in [2.05, 4.69) is 20.5 Å². The lowest BCUT2D eigenvalue weighted by Gasteiger charge is -1.95. The molecule has 0 saturated carbocycles. The molecular weight excluding hydrogens is 202 g/mol. The summed E-state index contributed by atoms with van der Waals surface area (Å²) in [5.74, 6) is 1.59. The van der Waals surface area contributed by atoms with Crippen LogP contribution in [-0.4, -0.2) is 22.3 Å². The molecule has 0 fully saturated rings. The summed E-state index contributed by atoms with van der Waals surface area (Å²) in [6.45, 7) is 2.84. The Hall–Kier alpha value is 0.590. The summed E-state index contributed by atoms with van der Waals surface area (Å²) in [4.78, 5) is 0. The predicted molar refractivity (Wildman–Crippen MR) is 45.1 cm³/mol. The molecule has 1 unspecified atom stereocenters. The molecule has 0 aliphatic heterocycles. The third kappa shape index (κ3) is 6.48. The molecule has 0 aromatic heterocycles. The zero-order chi connectivity index (χ0) is 7.11. The van der Waals surface area contributed by atoms with Gasteiger partial charge in [-0.3, -0.25) is 8.55 Å². The zero-order valence-corrected chi connectivity index (χ0v) is 7.93. The van der Waals surface area contributed by atoms with E-state index in [9.17, 15) is 4.21 Å². The number of hydrogen-bond acceptors (Lipinski definition) is 2. The highest BCUT2D eigenvalue weighted by Gasteiger charge is 1.92. The summed E-state index contributed by atoms with van der Waals surface area (Å²) in [7, 11) is -0.589. The van der Waals surface area contributed by atoms with Crippen LogP contribution in [0.5, 0.6) is 0 Å². The van der Waals surface area contributed by atoms with Crippen molar-refractivity contribution in [3.63, 3.8) is 0 Å². The normalized spacial score (nSPS) is 13.6. The van der Waals surface area contributed by atoms with Gasteiger partial charge in [0.05, 0.1) is 0 Å². The quantitative estimate of drug-likeness (QED) is 0.547. The molecule has 0 heterocycles. The van der Waals surface area contributed by atoms with Gasteiger partial charge in [0, 0.05) is 45.0 Å². The van der Waals surface area contributed by atoms with Crippen molar-refractivity contribution < 1.29 is 4.21 Å². The van der Waals surface area contributed by atoms with E-state index in [1.54, 1.807) is 0 Å². The predicted octanol–water partition coefficient (Wildman–Crippen LogP) is 1.04. The van der Waals surface area contributed by atoms with E-state index in [4.69, 9.17) is 0 Å². The van der Waals surface area contributed by atoms with Crippen molar-refractivity contribution in [3.8, 4) is 0 Å². The van der Waals surface area contributed by atoms with Crippen LogP contribution in [0.15, 0.2) is 0 Å². The van der Waals surface area contributed by atoms with E-state index >= 15 is 0 Å². The molecule has 0 aliphatic rings. The Balaban J connectivity index is 2.97. The minimum Gasteiger partial charge on any atom is -0.260 e. The minimum atomic E-state index is -0.589. The summed E-state index contributed by atoms with van der Waals surface area (Å²) in [5.41, 5.74) is 0. The van der Waals surface area contributed by atoms with E-state index in [0.717, 1.165) is 24.5 Å². The Morgan fingerprint density at radius 2 is 2.33 bits per heavy atom. The van der Waals surface area contributed by atoms with Gasteiger partial charge < -0.3 is 0 Å². The maximum absolute atomic E-state index is 10.8. The number of hydrogen-bond donors (Lipinski definition) is 1. The van der Waals surface area contributed by atoms with Crippen LogP contribution in [0.1, 0.15) is 13.3 Å². The molecule has 4 heteroatoms. The average molecular weight is 214 g/mol. The molecule has 0 amide bonds. The number of halogens is 1. The first-order valence-electron chi connectivity index (χ1n) is 2.99. The largest absolute Gasteiger partial charge is 0.260 e. The fraction of sp³-hybridized carbons (Fsp3) is 1.00. The van der Waals surface area contributed by atoms with Crippen molar-refractivity contribution in [1.29, 1.82) is 0 Å². The molecule has 0 aromatic carbocycles. The van der Waals surface area contributed by atoms with E-state index in [1.165, 1.54) is 0 Å². The van der Waals surface area contributed by atoms with E-state index in [0.29, 0.717) is 0 Å². The molecule has 0 aromatic rings. The van der Waals surface area contributed by atoms with Crippen LogP contribution in [0.25, 0.3) is 0 Å². The van der Waals surface area contributed by atoms with Gasteiger partial charge in [0.25, 0.3) is 0 Å². The molecule has 1 atom stereocenters. The average Bonchev–Trinajstić information content (AvgIpc) is 1.89. The van der Waals surface area contributed by atoms with Crippen LogP contribution in [0.2, 0.25) is 0 Å². The first kappa shape index (κ1) is 9.59. The maximum atomic E-state index is 10.8. The lowest BCUT2D eigenvalue weighted by Crippen LogP contribution is -2.07. The van der Waals surface area contributed by atoms with Gasteiger partial charge in [-0.05, 0) is 6.42 Å². The topological polar surface area (TPSA) is 29.1 Å². The Kier molecular flexibility index (Phi) is 7.15. The van der Waals surface area contributed by atoms with Gasteiger partial charge in [-0.15, -0.1) is 0 Å². The SMILES string of the molecule is CCS(=O)CCCNBr. The van der Waals surface area contributed by atoms with Crippen molar-refractivity contribution >= 4 is 26.9 Å². The molecule has 56 valence electrons. The van der Waals surface area contributed by atoms with E-state index in [-0.39, 0.29) is 0 Å². The van der Waals surface area contributed by atoms with Crippen LogP contribution in [0.4, 0.5) is 0 Å². The highest BCUT2D eigenvalue weighted by atomic mass is 79.9. The van der Waals surface area contributed by atoms with Crippen molar-refractivity contribution in [2.24, 2.45) is 0 Å². The second-order valence-corrected chi connectivity index (χ2v) is 4.10. The molecular formula is C5H12BrNOS. The smallest absolute Gasteiger partial charge is 0.0247 e. The fourth-order valence-corrected chi connectivity index (χ4v) is 1.48. The molecule has 0 saturated heterocycles. The first-order chi connectivity index (χ1) is 4.31. The van der Waals surface area contributed by atoms with Gasteiger partial charge in [0.2, 0.25) is 0 Å². The van der Waals surface area contributed by atoms with Crippen LogP contribution in [-0.2, 0) is 10.8 Å². The van der Waals surface area contributed by atoms with Gasteiger partial charge >= 0.3 is 0 Å². The van der Waals surface area contributed by atoms with Crippen LogP contribution in [0.3, 0.4) is 0 Å². The van der Waals surface area contributed by atoms with Crippen molar-refractivity contribution in [1.82, 2.24) is 4.34 Å². The van der Waals surface area contributed by atoms with Gasteiger partial charge in [-0.1, -0.05) is 6.92 Å². The van der Waals surface area contributed by atoms with Gasteiger partial charge in [0.15, 0.2) is 0 Å². The lowest BCUT2D eigenvalue weighted by molar-refractivity contribution is 0.681. The molecule has 0 bridgehead atoms. The standard InChI is InChI=1S/C5H12BrNOS/c1-2-9(8)5-3-4-7-6/h7H,2-5H2,1H3. The zero-order valence-electron chi connectivity index (χ0n) is 5.52. The first-order valence-corrected chi connectivity index (χ1v) is 5.27. The Bertz CT molecular complexity index is 89.0. The third-order valence-corrected chi connectivity index (χ3v) is 2.75. The monoisotopic (exact) mass is 213 g/mol. The highest BCUT2D eigenvalue weighted by molar-refractivity contribution is 9.08. The van der Waals surface area contributed by atoms with Gasteiger partial charge in [-0.25, -0.2) is 0 Å². The molecule has 0 radical (unpaired) electrons. The summed E-state index contributed by atoms with van der Waals surface area (Å²) >= 11 is 3.07. The summed E-state index contributed by atoms with van der Waals surface area (Å²) in [6.07, 6.45) is 0.978. The summed E-state index contributed by atoms with van der Waals surface area (Å²) < 4.78 is 13.6. The van der Waals surface area contributed by atoms with E-state index < -0.39 is 10.8 Å². The Labute approximate surface area is 67.2 Å². The number of rotatable bonds is 5. The molecule has 0 spiro atoms. The van der Waals surface area contributed by atoms with Crippen LogP contribution < -0.4 is 4.34 Å². The highest BCUT2D eigenvalue weighted by Crippen LogP contribution is 1.86. The number of nitrogens with one attached hydrogen (secondary N) is 1. The molecule has 0 aliphatic carbocycles. The second kappa shape index (κ2) is 6.71.